The van der Waals surface area contributed by atoms with Crippen LogP contribution < -0.4 is 10.2 Å². The Morgan fingerprint density at radius 2 is 1.95 bits per heavy atom. The predicted octanol–water partition coefficient (Wildman–Crippen LogP) is 2.32. The lowest BCUT2D eigenvalue weighted by Gasteiger charge is -2.33. The minimum Gasteiger partial charge on any atom is -0.356 e. The van der Waals surface area contributed by atoms with Crippen molar-refractivity contribution in [2.45, 2.75) is 52.0 Å². The maximum Gasteiger partial charge on any atom is 0.132 e. The van der Waals surface area contributed by atoms with Gasteiger partial charge in [0.25, 0.3) is 0 Å². The first kappa shape index (κ1) is 13.8. The van der Waals surface area contributed by atoms with Crippen molar-refractivity contribution in [1.82, 2.24) is 15.3 Å². The third-order valence-corrected chi connectivity index (χ3v) is 4.45. The third-order valence-electron chi connectivity index (χ3n) is 4.45. The van der Waals surface area contributed by atoms with Crippen molar-refractivity contribution in [3.63, 3.8) is 0 Å². The van der Waals surface area contributed by atoms with Gasteiger partial charge in [0.05, 0.1) is 0 Å². The summed E-state index contributed by atoms with van der Waals surface area (Å²) in [7, 11) is 0. The number of rotatable bonds is 5. The summed E-state index contributed by atoms with van der Waals surface area (Å²) in [5.41, 5.74) is 1.15. The zero-order valence-electron chi connectivity index (χ0n) is 12.7. The van der Waals surface area contributed by atoms with Crippen molar-refractivity contribution in [2.75, 3.05) is 24.5 Å². The zero-order valence-corrected chi connectivity index (χ0v) is 12.7. The molecule has 20 heavy (non-hydrogen) atoms. The SMILES string of the molecule is CCc1cc(N2CCC(NCC3CC3)CC2)nc(C)n1. The molecule has 2 fully saturated rings. The topological polar surface area (TPSA) is 41.0 Å². The fourth-order valence-corrected chi connectivity index (χ4v) is 2.92. The molecular formula is C16H26N4. The lowest BCUT2D eigenvalue weighted by Crippen LogP contribution is -2.43. The highest BCUT2D eigenvalue weighted by atomic mass is 15.2. The largest absolute Gasteiger partial charge is 0.356 e. The molecule has 1 aromatic heterocycles. The van der Waals surface area contributed by atoms with Gasteiger partial charge in [-0.05, 0) is 51.5 Å². The van der Waals surface area contributed by atoms with Gasteiger partial charge in [0.15, 0.2) is 0 Å². The summed E-state index contributed by atoms with van der Waals surface area (Å²) in [6.07, 6.45) is 6.32. The molecule has 2 heterocycles. The average molecular weight is 274 g/mol. The first-order valence-corrected chi connectivity index (χ1v) is 8.07. The summed E-state index contributed by atoms with van der Waals surface area (Å²) >= 11 is 0. The molecular weight excluding hydrogens is 248 g/mol. The van der Waals surface area contributed by atoms with Crippen molar-refractivity contribution in [1.29, 1.82) is 0 Å². The van der Waals surface area contributed by atoms with E-state index in [0.29, 0.717) is 6.04 Å². The normalized spacial score (nSPS) is 20.4. The Morgan fingerprint density at radius 1 is 1.20 bits per heavy atom. The molecule has 1 aliphatic carbocycles. The highest BCUT2D eigenvalue weighted by Gasteiger charge is 2.24. The number of piperidine rings is 1. The van der Waals surface area contributed by atoms with Crippen LogP contribution in [-0.2, 0) is 6.42 Å². The molecule has 4 nitrogen and oxygen atoms in total. The lowest BCUT2D eigenvalue weighted by molar-refractivity contribution is 0.407. The van der Waals surface area contributed by atoms with Gasteiger partial charge in [-0.2, -0.15) is 0 Å². The van der Waals surface area contributed by atoms with Crippen LogP contribution in [0.2, 0.25) is 0 Å². The summed E-state index contributed by atoms with van der Waals surface area (Å²) in [6, 6.07) is 2.87. The van der Waals surface area contributed by atoms with Crippen LogP contribution in [-0.4, -0.2) is 35.6 Å². The summed E-state index contributed by atoms with van der Waals surface area (Å²) in [6.45, 7) is 7.60. The van der Waals surface area contributed by atoms with Gasteiger partial charge >= 0.3 is 0 Å². The van der Waals surface area contributed by atoms with Crippen molar-refractivity contribution in [3.8, 4) is 0 Å². The molecule has 2 aliphatic rings. The van der Waals surface area contributed by atoms with Gasteiger partial charge in [-0.3, -0.25) is 0 Å². The average Bonchev–Trinajstić information content (AvgIpc) is 3.29. The molecule has 0 amide bonds. The number of nitrogens with one attached hydrogen (secondary N) is 1. The summed E-state index contributed by atoms with van der Waals surface area (Å²) in [4.78, 5) is 11.5. The fraction of sp³-hybridized carbons (Fsp3) is 0.750. The number of anilines is 1. The second-order valence-corrected chi connectivity index (χ2v) is 6.23. The number of aryl methyl sites for hydroxylation is 2. The smallest absolute Gasteiger partial charge is 0.132 e. The third kappa shape index (κ3) is 3.48. The van der Waals surface area contributed by atoms with Crippen LogP contribution in [0.25, 0.3) is 0 Å². The molecule has 0 spiro atoms. The minimum atomic E-state index is 0.709. The number of hydrogen-bond donors (Lipinski definition) is 1. The maximum absolute atomic E-state index is 4.61. The van der Waals surface area contributed by atoms with Gasteiger partial charge < -0.3 is 10.2 Å². The Bertz CT molecular complexity index is 448. The molecule has 110 valence electrons. The molecule has 3 rings (SSSR count). The fourth-order valence-electron chi connectivity index (χ4n) is 2.92. The van der Waals surface area contributed by atoms with Crippen molar-refractivity contribution >= 4 is 5.82 Å². The first-order chi connectivity index (χ1) is 9.74. The van der Waals surface area contributed by atoms with Gasteiger partial charge in [0.1, 0.15) is 11.6 Å². The Balaban J connectivity index is 1.55. The van der Waals surface area contributed by atoms with E-state index in [1.165, 1.54) is 32.2 Å². The van der Waals surface area contributed by atoms with Crippen LogP contribution >= 0.6 is 0 Å². The molecule has 0 bridgehead atoms. The van der Waals surface area contributed by atoms with Gasteiger partial charge in [-0.1, -0.05) is 6.92 Å². The zero-order chi connectivity index (χ0) is 13.9. The molecule has 1 saturated carbocycles. The molecule has 1 aliphatic heterocycles. The summed E-state index contributed by atoms with van der Waals surface area (Å²) in [5, 5.41) is 3.73. The van der Waals surface area contributed by atoms with E-state index in [0.717, 1.165) is 42.8 Å². The van der Waals surface area contributed by atoms with Crippen LogP contribution in [0, 0.1) is 12.8 Å². The summed E-state index contributed by atoms with van der Waals surface area (Å²) < 4.78 is 0. The maximum atomic E-state index is 4.61. The molecule has 0 atom stereocenters. The van der Waals surface area contributed by atoms with E-state index < -0.39 is 0 Å². The van der Waals surface area contributed by atoms with Gasteiger partial charge in [-0.25, -0.2) is 9.97 Å². The van der Waals surface area contributed by atoms with E-state index >= 15 is 0 Å². The van der Waals surface area contributed by atoms with Crippen LogP contribution in [0.3, 0.4) is 0 Å². The first-order valence-electron chi connectivity index (χ1n) is 8.07. The molecule has 4 heteroatoms. The van der Waals surface area contributed by atoms with E-state index in [1.54, 1.807) is 0 Å². The monoisotopic (exact) mass is 274 g/mol. The molecule has 0 radical (unpaired) electrons. The highest BCUT2D eigenvalue weighted by Crippen LogP contribution is 2.28. The van der Waals surface area contributed by atoms with E-state index in [2.05, 4.69) is 33.2 Å². The predicted molar refractivity (Wildman–Crippen MR) is 82.1 cm³/mol. The molecule has 1 saturated heterocycles. The van der Waals surface area contributed by atoms with Crippen molar-refractivity contribution in [3.05, 3.63) is 17.6 Å². The minimum absolute atomic E-state index is 0.709. The van der Waals surface area contributed by atoms with E-state index in [1.807, 2.05) is 6.92 Å². The van der Waals surface area contributed by atoms with Crippen LogP contribution in [0.5, 0.6) is 0 Å². The van der Waals surface area contributed by atoms with Crippen LogP contribution in [0.1, 0.15) is 44.1 Å². The van der Waals surface area contributed by atoms with E-state index in [-0.39, 0.29) is 0 Å². The van der Waals surface area contributed by atoms with E-state index in [4.69, 9.17) is 0 Å². The number of hydrogen-bond acceptors (Lipinski definition) is 4. The Labute approximate surface area is 122 Å². The second-order valence-electron chi connectivity index (χ2n) is 6.23. The Hall–Kier alpha value is -1.16. The quantitative estimate of drug-likeness (QED) is 0.894. The molecule has 1 N–H and O–H groups in total. The number of aromatic nitrogens is 2. The highest BCUT2D eigenvalue weighted by molar-refractivity contribution is 5.40. The lowest BCUT2D eigenvalue weighted by atomic mass is 10.0. The number of nitrogens with zero attached hydrogens (tertiary/aromatic N) is 3. The molecule has 0 unspecified atom stereocenters. The Morgan fingerprint density at radius 3 is 2.60 bits per heavy atom. The van der Waals surface area contributed by atoms with E-state index in [9.17, 15) is 0 Å². The van der Waals surface area contributed by atoms with Gasteiger partial charge in [0.2, 0.25) is 0 Å². The van der Waals surface area contributed by atoms with Gasteiger partial charge in [-0.15, -0.1) is 0 Å². The van der Waals surface area contributed by atoms with Crippen molar-refractivity contribution < 1.29 is 0 Å². The van der Waals surface area contributed by atoms with Gasteiger partial charge in [0, 0.05) is 30.9 Å². The summed E-state index contributed by atoms with van der Waals surface area (Å²) in [5.74, 6) is 2.99. The second kappa shape index (κ2) is 6.08. The molecule has 0 aromatic carbocycles. The molecule has 1 aromatic rings. The standard InChI is InChI=1S/C16H26N4/c1-3-14-10-16(19-12(2)18-14)20-8-6-15(7-9-20)17-11-13-4-5-13/h10,13,15,17H,3-9,11H2,1-2H3. The van der Waals surface area contributed by atoms with Crippen molar-refractivity contribution in [2.24, 2.45) is 5.92 Å². The van der Waals surface area contributed by atoms with Crippen LogP contribution in [0.15, 0.2) is 6.07 Å². The Kier molecular flexibility index (Phi) is 4.20. The van der Waals surface area contributed by atoms with Crippen LogP contribution in [0.4, 0.5) is 5.82 Å².